The molecule has 0 radical (unpaired) electrons. The third-order valence-corrected chi connectivity index (χ3v) is 8.35. The lowest BCUT2D eigenvalue weighted by atomic mass is 9.82. The minimum atomic E-state index is -3.51. The van der Waals surface area contributed by atoms with E-state index >= 15 is 0 Å². The van der Waals surface area contributed by atoms with Gasteiger partial charge in [-0.25, -0.2) is 8.42 Å². The molecule has 1 aliphatic rings. The maximum absolute atomic E-state index is 13.1. The lowest BCUT2D eigenvalue weighted by Gasteiger charge is -2.30. The van der Waals surface area contributed by atoms with E-state index in [0.717, 1.165) is 17.5 Å². The van der Waals surface area contributed by atoms with Gasteiger partial charge in [-0.1, -0.05) is 68.4 Å². The summed E-state index contributed by atoms with van der Waals surface area (Å²) in [5, 5.41) is 4.09. The molecule has 1 aromatic heterocycles. The molecule has 0 atom stereocenters. The predicted molar refractivity (Wildman–Crippen MR) is 120 cm³/mol. The van der Waals surface area contributed by atoms with Gasteiger partial charge < -0.3 is 4.52 Å². The van der Waals surface area contributed by atoms with Crippen molar-refractivity contribution in [3.8, 4) is 11.4 Å². The number of piperidine rings is 1. The van der Waals surface area contributed by atoms with Crippen LogP contribution >= 0.6 is 0 Å². The fourth-order valence-corrected chi connectivity index (χ4v) is 5.35. The molecule has 4 rings (SSSR count). The third kappa shape index (κ3) is 4.43. The summed E-state index contributed by atoms with van der Waals surface area (Å²) in [5.74, 6) is 1.23. The average Bonchev–Trinajstić information content (AvgIpc) is 3.30. The highest BCUT2D eigenvalue weighted by atomic mass is 32.2. The van der Waals surface area contributed by atoms with E-state index in [9.17, 15) is 8.42 Å². The first-order valence-corrected chi connectivity index (χ1v) is 12.2. The Hall–Kier alpha value is -2.51. The first-order chi connectivity index (χ1) is 14.8. The fraction of sp³-hybridized carbons (Fsp3) is 0.417. The molecule has 6 nitrogen and oxygen atoms in total. The zero-order valence-corrected chi connectivity index (χ0v) is 19.1. The summed E-state index contributed by atoms with van der Waals surface area (Å²) in [7, 11) is -3.51. The summed E-state index contributed by atoms with van der Waals surface area (Å²) in [4.78, 5) is 4.90. The molecule has 7 heteroatoms. The molecular formula is C24H29N3O3S. The monoisotopic (exact) mass is 439 g/mol. The molecule has 0 spiro atoms. The SMILES string of the molecule is CCC(C)(C)c1ccc(S(=O)(=O)N2CCC(c3nc(-c4ccccc4)no3)CC2)cc1. The lowest BCUT2D eigenvalue weighted by molar-refractivity contribution is 0.271. The average molecular weight is 440 g/mol. The third-order valence-electron chi connectivity index (χ3n) is 6.43. The van der Waals surface area contributed by atoms with Crippen LogP contribution in [0.15, 0.2) is 64.0 Å². The van der Waals surface area contributed by atoms with Crippen LogP contribution in [0, 0.1) is 0 Å². The van der Waals surface area contributed by atoms with E-state index in [0.29, 0.717) is 42.5 Å². The van der Waals surface area contributed by atoms with Crippen LogP contribution in [-0.2, 0) is 15.4 Å². The number of aromatic nitrogens is 2. The molecule has 0 amide bonds. The summed E-state index contributed by atoms with van der Waals surface area (Å²) >= 11 is 0. The molecular weight excluding hydrogens is 410 g/mol. The van der Waals surface area contributed by atoms with Gasteiger partial charge in [0.1, 0.15) is 0 Å². The summed E-state index contributed by atoms with van der Waals surface area (Å²) in [6, 6.07) is 17.0. The van der Waals surface area contributed by atoms with Crippen LogP contribution in [0.3, 0.4) is 0 Å². The first kappa shape index (κ1) is 21.7. The molecule has 0 saturated carbocycles. The maximum Gasteiger partial charge on any atom is 0.243 e. The second kappa shape index (κ2) is 8.55. The second-order valence-electron chi connectivity index (χ2n) is 8.76. The zero-order chi connectivity index (χ0) is 22.1. The normalized spacial score (nSPS) is 16.5. The van der Waals surface area contributed by atoms with Crippen LogP contribution in [-0.4, -0.2) is 36.0 Å². The van der Waals surface area contributed by atoms with Gasteiger partial charge in [0.15, 0.2) is 0 Å². The summed E-state index contributed by atoms with van der Waals surface area (Å²) < 4.78 is 33.3. The van der Waals surface area contributed by atoms with Gasteiger partial charge in [0.25, 0.3) is 0 Å². The minimum Gasteiger partial charge on any atom is -0.339 e. The van der Waals surface area contributed by atoms with Gasteiger partial charge in [0.05, 0.1) is 4.90 Å². The Morgan fingerprint density at radius 1 is 1.03 bits per heavy atom. The molecule has 0 N–H and O–H groups in total. The lowest BCUT2D eigenvalue weighted by Crippen LogP contribution is -2.38. The minimum absolute atomic E-state index is 0.0311. The number of nitrogens with zero attached hydrogens (tertiary/aromatic N) is 3. The highest BCUT2D eigenvalue weighted by Crippen LogP contribution is 2.32. The molecule has 1 fully saturated rings. The van der Waals surface area contributed by atoms with Crippen molar-refractivity contribution >= 4 is 10.0 Å². The van der Waals surface area contributed by atoms with E-state index in [4.69, 9.17) is 4.52 Å². The van der Waals surface area contributed by atoms with Crippen LogP contribution in [0.4, 0.5) is 0 Å². The van der Waals surface area contributed by atoms with Gasteiger partial charge in [0, 0.05) is 24.6 Å². The van der Waals surface area contributed by atoms with Crippen LogP contribution < -0.4 is 0 Å². The van der Waals surface area contributed by atoms with Crippen LogP contribution in [0.25, 0.3) is 11.4 Å². The standard InChI is InChI=1S/C24H29N3O3S/c1-4-24(2,3)20-10-12-21(13-11-20)31(28,29)27-16-14-19(15-17-27)23-25-22(26-30-23)18-8-6-5-7-9-18/h5-13,19H,4,14-17H2,1-3H3. The van der Waals surface area contributed by atoms with Gasteiger partial charge in [-0.2, -0.15) is 9.29 Å². The number of hydrogen-bond acceptors (Lipinski definition) is 5. The van der Waals surface area contributed by atoms with Gasteiger partial charge in [-0.15, -0.1) is 0 Å². The number of benzene rings is 2. The van der Waals surface area contributed by atoms with Crippen molar-refractivity contribution in [2.45, 2.75) is 56.3 Å². The van der Waals surface area contributed by atoms with Gasteiger partial charge >= 0.3 is 0 Å². The number of hydrogen-bond donors (Lipinski definition) is 0. The highest BCUT2D eigenvalue weighted by Gasteiger charge is 2.32. The van der Waals surface area contributed by atoms with Crippen molar-refractivity contribution in [1.82, 2.24) is 14.4 Å². The topological polar surface area (TPSA) is 76.3 Å². The van der Waals surface area contributed by atoms with Crippen LogP contribution in [0.5, 0.6) is 0 Å². The summed E-state index contributed by atoms with van der Waals surface area (Å²) in [6.45, 7) is 7.36. The second-order valence-corrected chi connectivity index (χ2v) is 10.7. The quantitative estimate of drug-likeness (QED) is 0.541. The van der Waals surface area contributed by atoms with Crippen molar-refractivity contribution in [2.24, 2.45) is 0 Å². The Labute approximate surface area is 184 Å². The predicted octanol–water partition coefficient (Wildman–Crippen LogP) is 4.99. The highest BCUT2D eigenvalue weighted by molar-refractivity contribution is 7.89. The summed E-state index contributed by atoms with van der Waals surface area (Å²) in [5.41, 5.74) is 2.09. The Bertz CT molecular complexity index is 1110. The molecule has 0 unspecified atom stereocenters. The smallest absolute Gasteiger partial charge is 0.243 e. The van der Waals surface area contributed by atoms with Crippen molar-refractivity contribution in [3.05, 3.63) is 66.1 Å². The van der Waals surface area contributed by atoms with E-state index in [1.807, 2.05) is 42.5 Å². The fourth-order valence-electron chi connectivity index (χ4n) is 3.88. The maximum atomic E-state index is 13.1. The van der Waals surface area contributed by atoms with Crippen LogP contribution in [0.2, 0.25) is 0 Å². The molecule has 2 aromatic carbocycles. The molecule has 2 heterocycles. The van der Waals surface area contributed by atoms with E-state index in [1.54, 1.807) is 16.4 Å². The van der Waals surface area contributed by atoms with Gasteiger partial charge in [0.2, 0.25) is 21.7 Å². The molecule has 1 aliphatic heterocycles. The van der Waals surface area contributed by atoms with Crippen molar-refractivity contribution < 1.29 is 12.9 Å². The van der Waals surface area contributed by atoms with Crippen molar-refractivity contribution in [3.63, 3.8) is 0 Å². The molecule has 31 heavy (non-hydrogen) atoms. The summed E-state index contributed by atoms with van der Waals surface area (Å²) in [6.07, 6.45) is 2.32. The van der Waals surface area contributed by atoms with E-state index < -0.39 is 10.0 Å². The molecule has 1 saturated heterocycles. The molecule has 0 bridgehead atoms. The Kier molecular flexibility index (Phi) is 5.99. The zero-order valence-electron chi connectivity index (χ0n) is 18.3. The van der Waals surface area contributed by atoms with Crippen molar-refractivity contribution in [2.75, 3.05) is 13.1 Å². The number of rotatable bonds is 6. The molecule has 0 aliphatic carbocycles. The van der Waals surface area contributed by atoms with E-state index in [1.165, 1.54) is 0 Å². The number of sulfonamides is 1. The molecule has 3 aromatic rings. The largest absolute Gasteiger partial charge is 0.339 e. The molecule has 164 valence electrons. The van der Waals surface area contributed by atoms with E-state index in [-0.39, 0.29) is 11.3 Å². The van der Waals surface area contributed by atoms with Gasteiger partial charge in [-0.3, -0.25) is 0 Å². The van der Waals surface area contributed by atoms with Gasteiger partial charge in [-0.05, 0) is 42.4 Å². The Balaban J connectivity index is 1.43. The first-order valence-electron chi connectivity index (χ1n) is 10.8. The Morgan fingerprint density at radius 2 is 1.68 bits per heavy atom. The van der Waals surface area contributed by atoms with Crippen LogP contribution in [0.1, 0.15) is 57.4 Å². The van der Waals surface area contributed by atoms with Crippen molar-refractivity contribution in [1.29, 1.82) is 0 Å². The Morgan fingerprint density at radius 3 is 2.29 bits per heavy atom. The van der Waals surface area contributed by atoms with E-state index in [2.05, 4.69) is 30.9 Å².